The van der Waals surface area contributed by atoms with Crippen LogP contribution in [-0.2, 0) is 35.0 Å². The van der Waals surface area contributed by atoms with Crippen LogP contribution >= 0.6 is 11.6 Å². The van der Waals surface area contributed by atoms with Crippen LogP contribution in [0, 0.1) is 11.8 Å². The number of allylic oxidation sites excluding steroid dienone is 3. The molecular formula is C35H48ClN3O8. The Balaban J connectivity index is 1.78. The minimum absolute atomic E-state index is 0.230. The number of aliphatic hydroxyl groups is 1. The molecule has 47 heavy (non-hydrogen) atoms. The van der Waals surface area contributed by atoms with Crippen molar-refractivity contribution in [1.29, 1.82) is 0 Å². The Labute approximate surface area is 282 Å². The van der Waals surface area contributed by atoms with E-state index in [-0.39, 0.29) is 47.4 Å². The normalized spacial score (nSPS) is 33.6. The van der Waals surface area contributed by atoms with E-state index < -0.39 is 41.6 Å². The Kier molecular flexibility index (Phi) is 10.7. The number of esters is 1. The molecule has 8 atom stereocenters. The van der Waals surface area contributed by atoms with Crippen molar-refractivity contribution < 1.29 is 38.4 Å². The number of carbonyl (C=O) groups is 3. The number of methoxy groups -OCH3 is 1. The van der Waals surface area contributed by atoms with Gasteiger partial charge in [0, 0.05) is 39.3 Å². The summed E-state index contributed by atoms with van der Waals surface area (Å²) >= 11 is 6.73. The number of halogens is 1. The number of benzene rings is 1. The molecule has 0 saturated carbocycles. The first kappa shape index (κ1) is 36.3. The van der Waals surface area contributed by atoms with Crippen molar-refractivity contribution in [3.8, 4) is 5.75 Å². The van der Waals surface area contributed by atoms with Gasteiger partial charge in [-0.2, -0.15) is 0 Å². The maximum absolute atomic E-state index is 14.0. The molecule has 3 aliphatic heterocycles. The second kappa shape index (κ2) is 13.9. The van der Waals surface area contributed by atoms with Crippen LogP contribution in [-0.4, -0.2) is 84.7 Å². The molecule has 0 aromatic heterocycles. The third kappa shape index (κ3) is 7.63. The SMILES string of the molecule is C=C1NC2(O)CC(O1)C(C)C1OC1(C)C(OC(=O)[C@H](C)N(C)C(C)=O)CC(=O)N(C)c1cc(cc(OC)c1Cl)C/C(C)=C/C=C/C2C. The summed E-state index contributed by atoms with van der Waals surface area (Å²) in [5, 5.41) is 15.0. The minimum atomic E-state index is -1.35. The quantitative estimate of drug-likeness (QED) is 0.350. The summed E-state index contributed by atoms with van der Waals surface area (Å²) < 4.78 is 23.9. The summed E-state index contributed by atoms with van der Waals surface area (Å²) in [6, 6.07) is 2.77. The second-order valence-electron chi connectivity index (χ2n) is 13.3. The van der Waals surface area contributed by atoms with E-state index >= 15 is 0 Å². The highest BCUT2D eigenvalue weighted by molar-refractivity contribution is 6.35. The fourth-order valence-corrected chi connectivity index (χ4v) is 6.60. The molecule has 0 spiro atoms. The fourth-order valence-electron chi connectivity index (χ4n) is 6.29. The zero-order valence-corrected chi connectivity index (χ0v) is 29.5. The first-order valence-electron chi connectivity index (χ1n) is 15.9. The van der Waals surface area contributed by atoms with Crippen molar-refractivity contribution in [2.75, 3.05) is 26.1 Å². The van der Waals surface area contributed by atoms with Gasteiger partial charge in [0.25, 0.3) is 0 Å². The van der Waals surface area contributed by atoms with Gasteiger partial charge in [0.1, 0.15) is 40.3 Å². The van der Waals surface area contributed by atoms with Gasteiger partial charge in [-0.25, -0.2) is 4.79 Å². The highest BCUT2D eigenvalue weighted by Gasteiger charge is 2.64. The standard InChI is InChI=1S/C35H48ClN3O8/c1-19-12-11-13-20(2)35(43)18-28(45-23(5)37-35)21(3)32-34(7,47-32)29(46-33(42)22(4)38(8)24(6)40)17-30(41)39(9)26-15-25(14-19)16-27(44-10)31(26)36/h11-13,15-16,20-22,28-29,32,37,43H,5,14,17-18H2,1-4,6-10H3/b13-11+,19-12+/t20?,21?,22-,28?,29?,32?,34?,35?/m0/s1. The molecule has 11 nitrogen and oxygen atoms in total. The highest BCUT2D eigenvalue weighted by Crippen LogP contribution is 2.49. The van der Waals surface area contributed by atoms with Crippen LogP contribution in [0.1, 0.15) is 59.9 Å². The maximum atomic E-state index is 14.0. The summed E-state index contributed by atoms with van der Waals surface area (Å²) in [5.74, 6) is -1.32. The average molecular weight is 674 g/mol. The van der Waals surface area contributed by atoms with Gasteiger partial charge in [-0.1, -0.05) is 49.2 Å². The molecule has 258 valence electrons. The monoisotopic (exact) mass is 673 g/mol. The zero-order chi connectivity index (χ0) is 35.0. The van der Waals surface area contributed by atoms with Gasteiger partial charge >= 0.3 is 5.97 Å². The van der Waals surface area contributed by atoms with E-state index in [2.05, 4.69) is 11.9 Å². The van der Waals surface area contributed by atoms with E-state index in [0.29, 0.717) is 17.9 Å². The van der Waals surface area contributed by atoms with Crippen LogP contribution in [0.3, 0.4) is 0 Å². The highest BCUT2D eigenvalue weighted by atomic mass is 35.5. The van der Waals surface area contributed by atoms with Gasteiger partial charge in [-0.15, -0.1) is 0 Å². The second-order valence-corrected chi connectivity index (χ2v) is 13.7. The predicted molar refractivity (Wildman–Crippen MR) is 179 cm³/mol. The molecule has 2 amide bonds. The van der Waals surface area contributed by atoms with Gasteiger partial charge in [0.2, 0.25) is 11.8 Å². The van der Waals surface area contributed by atoms with Gasteiger partial charge in [0.05, 0.1) is 25.3 Å². The number of ether oxygens (including phenoxy) is 4. The number of anilines is 1. The smallest absolute Gasteiger partial charge is 0.328 e. The number of fused-ring (bicyclic) bond motifs is 5. The molecule has 2 fully saturated rings. The van der Waals surface area contributed by atoms with Gasteiger partial charge in [0.15, 0.2) is 5.88 Å². The number of hydrogen-bond acceptors (Lipinski definition) is 9. The molecule has 1 aromatic rings. The maximum Gasteiger partial charge on any atom is 0.328 e. The minimum Gasteiger partial charge on any atom is -0.495 e. The lowest BCUT2D eigenvalue weighted by Gasteiger charge is -2.44. The van der Waals surface area contributed by atoms with Gasteiger partial charge in [-0.05, 0) is 51.5 Å². The van der Waals surface area contributed by atoms with Crippen molar-refractivity contribution in [3.05, 3.63) is 59.0 Å². The molecule has 3 aliphatic rings. The fraction of sp³-hybridized carbons (Fsp3) is 0.571. The summed E-state index contributed by atoms with van der Waals surface area (Å²) in [7, 11) is 4.63. The van der Waals surface area contributed by atoms with Crippen molar-refractivity contribution >= 4 is 35.1 Å². The van der Waals surface area contributed by atoms with E-state index in [0.717, 1.165) is 11.1 Å². The Hall–Kier alpha value is -3.54. The molecule has 2 saturated heterocycles. The third-order valence-corrected chi connectivity index (χ3v) is 10.2. The Morgan fingerprint density at radius 2 is 1.98 bits per heavy atom. The molecule has 2 N–H and O–H groups in total. The number of carbonyl (C=O) groups excluding carboxylic acids is 3. The van der Waals surface area contributed by atoms with Crippen LogP contribution < -0.4 is 15.0 Å². The van der Waals surface area contributed by atoms with Crippen LogP contribution in [0.4, 0.5) is 5.69 Å². The topological polar surface area (TPSA) is 130 Å². The summed E-state index contributed by atoms with van der Waals surface area (Å²) in [6.45, 7) is 14.5. The lowest BCUT2D eigenvalue weighted by Crippen LogP contribution is -2.57. The average Bonchev–Trinajstić information content (AvgIpc) is 3.70. The molecule has 4 rings (SSSR count). The Morgan fingerprint density at radius 3 is 2.62 bits per heavy atom. The van der Waals surface area contributed by atoms with Crippen molar-refractivity contribution in [2.24, 2.45) is 11.8 Å². The predicted octanol–water partition coefficient (Wildman–Crippen LogP) is 4.51. The lowest BCUT2D eigenvalue weighted by molar-refractivity contribution is -0.161. The third-order valence-electron chi connectivity index (χ3n) is 9.84. The van der Waals surface area contributed by atoms with Crippen molar-refractivity contribution in [3.63, 3.8) is 0 Å². The first-order chi connectivity index (χ1) is 21.9. The zero-order valence-electron chi connectivity index (χ0n) is 28.8. The van der Waals surface area contributed by atoms with E-state index in [9.17, 15) is 19.5 Å². The summed E-state index contributed by atoms with van der Waals surface area (Å²) in [4.78, 5) is 42.1. The molecule has 1 aromatic carbocycles. The number of nitrogens with one attached hydrogen (secondary N) is 1. The van der Waals surface area contributed by atoms with E-state index in [4.69, 9.17) is 30.5 Å². The molecular weight excluding hydrogens is 626 g/mol. The van der Waals surface area contributed by atoms with Crippen LogP contribution in [0.15, 0.2) is 48.4 Å². The van der Waals surface area contributed by atoms with Crippen LogP contribution in [0.5, 0.6) is 5.75 Å². The largest absolute Gasteiger partial charge is 0.495 e. The molecule has 3 heterocycles. The molecule has 7 unspecified atom stereocenters. The van der Waals surface area contributed by atoms with Crippen molar-refractivity contribution in [2.45, 2.75) is 96.5 Å². The van der Waals surface area contributed by atoms with Gasteiger partial charge < -0.3 is 39.2 Å². The molecule has 4 bridgehead atoms. The number of nitrogens with zero attached hydrogens (tertiary/aromatic N) is 2. The molecule has 12 heteroatoms. The number of epoxide rings is 1. The lowest BCUT2D eigenvalue weighted by atomic mass is 9.82. The summed E-state index contributed by atoms with van der Waals surface area (Å²) in [6.07, 6.45) is 4.34. The van der Waals surface area contributed by atoms with Crippen LogP contribution in [0.2, 0.25) is 5.02 Å². The Morgan fingerprint density at radius 1 is 1.30 bits per heavy atom. The van der Waals surface area contributed by atoms with E-state index in [1.54, 1.807) is 20.9 Å². The first-order valence-corrected chi connectivity index (χ1v) is 16.2. The number of hydrogen-bond donors (Lipinski definition) is 2. The molecule has 0 aliphatic carbocycles. The van der Waals surface area contributed by atoms with Crippen LogP contribution in [0.25, 0.3) is 0 Å². The number of amides is 2. The Bertz CT molecular complexity index is 1480. The summed E-state index contributed by atoms with van der Waals surface area (Å²) in [5.41, 5.74) is -0.0896. The number of likely N-dealkylation sites (N-methyl/N-ethyl adjacent to an activating group) is 1. The number of rotatable bonds is 4. The van der Waals surface area contributed by atoms with Crippen molar-refractivity contribution in [1.82, 2.24) is 10.2 Å². The van der Waals surface area contributed by atoms with Gasteiger partial charge in [-0.3, -0.25) is 9.59 Å². The van der Waals surface area contributed by atoms with E-state index in [1.165, 1.54) is 30.9 Å². The molecule has 0 radical (unpaired) electrons. The van der Waals surface area contributed by atoms with E-state index in [1.807, 2.05) is 51.1 Å².